The van der Waals surface area contributed by atoms with Crippen molar-refractivity contribution in [2.75, 3.05) is 18.0 Å². The average Bonchev–Trinajstić information content (AvgIpc) is 2.36. The Morgan fingerprint density at radius 1 is 1.21 bits per heavy atom. The maximum Gasteiger partial charge on any atom is 0.0737 e. The zero-order valence-corrected chi connectivity index (χ0v) is 12.0. The van der Waals surface area contributed by atoms with Crippen LogP contribution in [-0.2, 0) is 0 Å². The zero-order chi connectivity index (χ0) is 13.4. The van der Waals surface area contributed by atoms with Gasteiger partial charge in [0.15, 0.2) is 0 Å². The van der Waals surface area contributed by atoms with Crippen molar-refractivity contribution in [1.29, 1.82) is 0 Å². The van der Waals surface area contributed by atoms with Gasteiger partial charge in [0, 0.05) is 47.5 Å². The van der Waals surface area contributed by atoms with Gasteiger partial charge in [-0.1, -0.05) is 11.6 Å². The summed E-state index contributed by atoms with van der Waals surface area (Å²) in [6, 6.07) is 9.02. The third-order valence-electron chi connectivity index (χ3n) is 3.58. The van der Waals surface area contributed by atoms with Crippen molar-refractivity contribution in [1.82, 2.24) is 10.3 Å². The molecule has 0 aliphatic carbocycles. The van der Waals surface area contributed by atoms with Gasteiger partial charge >= 0.3 is 0 Å². The molecule has 3 rings (SSSR count). The molecular weight excluding hydrogens is 258 g/mol. The fourth-order valence-corrected chi connectivity index (χ4v) is 3.07. The van der Waals surface area contributed by atoms with E-state index in [4.69, 9.17) is 11.6 Å². The third kappa shape index (κ3) is 2.53. The second-order valence-electron chi connectivity index (χ2n) is 5.37. The van der Waals surface area contributed by atoms with Gasteiger partial charge in [0.2, 0.25) is 0 Å². The molecule has 0 radical (unpaired) electrons. The first kappa shape index (κ1) is 12.7. The summed E-state index contributed by atoms with van der Waals surface area (Å²) in [5, 5.41) is 5.47. The summed E-state index contributed by atoms with van der Waals surface area (Å²) in [6.07, 6.45) is 1.87. The van der Waals surface area contributed by atoms with E-state index in [2.05, 4.69) is 41.2 Å². The van der Waals surface area contributed by atoms with E-state index in [0.717, 1.165) is 23.6 Å². The van der Waals surface area contributed by atoms with Crippen LogP contribution in [0, 0.1) is 0 Å². The van der Waals surface area contributed by atoms with Crippen molar-refractivity contribution < 1.29 is 0 Å². The summed E-state index contributed by atoms with van der Waals surface area (Å²) in [6.45, 7) is 6.49. The van der Waals surface area contributed by atoms with Crippen LogP contribution in [0.25, 0.3) is 10.9 Å². The number of benzene rings is 1. The number of piperazine rings is 1. The molecule has 0 bridgehead atoms. The number of hydrogen-bond acceptors (Lipinski definition) is 3. The van der Waals surface area contributed by atoms with Crippen molar-refractivity contribution in [2.45, 2.75) is 25.9 Å². The molecule has 2 unspecified atom stereocenters. The van der Waals surface area contributed by atoms with Gasteiger partial charge in [-0.05, 0) is 38.1 Å². The molecule has 0 saturated carbocycles. The van der Waals surface area contributed by atoms with Crippen LogP contribution in [0.15, 0.2) is 30.5 Å². The smallest absolute Gasteiger partial charge is 0.0737 e. The number of nitrogens with one attached hydrogen (secondary N) is 1. The molecule has 100 valence electrons. The molecule has 2 atom stereocenters. The van der Waals surface area contributed by atoms with E-state index >= 15 is 0 Å². The van der Waals surface area contributed by atoms with Gasteiger partial charge in [-0.15, -0.1) is 0 Å². The van der Waals surface area contributed by atoms with Crippen LogP contribution >= 0.6 is 11.6 Å². The number of pyridine rings is 1. The van der Waals surface area contributed by atoms with Crippen LogP contribution in [0.1, 0.15) is 13.8 Å². The van der Waals surface area contributed by atoms with Crippen molar-refractivity contribution in [3.63, 3.8) is 0 Å². The first-order chi connectivity index (χ1) is 9.13. The van der Waals surface area contributed by atoms with Crippen LogP contribution < -0.4 is 10.2 Å². The van der Waals surface area contributed by atoms with Crippen LogP contribution in [-0.4, -0.2) is 30.2 Å². The second kappa shape index (κ2) is 4.99. The van der Waals surface area contributed by atoms with E-state index in [1.54, 1.807) is 0 Å². The lowest BCUT2D eigenvalue weighted by molar-refractivity contribution is 0.407. The monoisotopic (exact) mass is 275 g/mol. The maximum atomic E-state index is 6.04. The first-order valence-corrected chi connectivity index (χ1v) is 7.06. The number of aromatic nitrogens is 1. The SMILES string of the molecule is CC1CN(c2ccnc3cc(Cl)ccc23)CC(C)N1. The van der Waals surface area contributed by atoms with Crippen molar-refractivity contribution in [3.8, 4) is 0 Å². The van der Waals surface area contributed by atoms with E-state index in [1.807, 2.05) is 18.3 Å². The number of fused-ring (bicyclic) bond motifs is 1. The molecule has 0 amide bonds. The molecule has 1 aromatic heterocycles. The molecule has 1 N–H and O–H groups in total. The minimum Gasteiger partial charge on any atom is -0.368 e. The highest BCUT2D eigenvalue weighted by Crippen LogP contribution is 2.28. The van der Waals surface area contributed by atoms with E-state index in [0.29, 0.717) is 12.1 Å². The van der Waals surface area contributed by atoms with Crippen LogP contribution in [0.4, 0.5) is 5.69 Å². The molecule has 3 nitrogen and oxygen atoms in total. The average molecular weight is 276 g/mol. The largest absolute Gasteiger partial charge is 0.368 e. The van der Waals surface area contributed by atoms with Gasteiger partial charge < -0.3 is 10.2 Å². The highest BCUT2D eigenvalue weighted by atomic mass is 35.5. The van der Waals surface area contributed by atoms with E-state index in [9.17, 15) is 0 Å². The summed E-state index contributed by atoms with van der Waals surface area (Å²) in [5.74, 6) is 0. The number of rotatable bonds is 1. The lowest BCUT2D eigenvalue weighted by Crippen LogP contribution is -2.54. The number of nitrogens with zero attached hydrogens (tertiary/aromatic N) is 2. The summed E-state index contributed by atoms with van der Waals surface area (Å²) in [7, 11) is 0. The number of hydrogen-bond donors (Lipinski definition) is 1. The Kier molecular flexibility index (Phi) is 3.33. The Labute approximate surface area is 118 Å². The molecule has 0 spiro atoms. The molecule has 1 aromatic carbocycles. The maximum absolute atomic E-state index is 6.04. The summed E-state index contributed by atoms with van der Waals surface area (Å²) >= 11 is 6.04. The molecule has 1 saturated heterocycles. The van der Waals surface area contributed by atoms with Gasteiger partial charge in [-0.3, -0.25) is 4.98 Å². The first-order valence-electron chi connectivity index (χ1n) is 6.69. The van der Waals surface area contributed by atoms with Crippen LogP contribution in [0.5, 0.6) is 0 Å². The number of anilines is 1. The lowest BCUT2D eigenvalue weighted by atomic mass is 10.1. The van der Waals surface area contributed by atoms with Crippen molar-refractivity contribution >= 4 is 28.2 Å². The quantitative estimate of drug-likeness (QED) is 0.867. The predicted molar refractivity (Wildman–Crippen MR) is 81.0 cm³/mol. The molecule has 19 heavy (non-hydrogen) atoms. The third-order valence-corrected chi connectivity index (χ3v) is 3.82. The van der Waals surface area contributed by atoms with Gasteiger partial charge in [0.05, 0.1) is 5.52 Å². The standard InChI is InChI=1S/C15H18ClN3/c1-10-8-19(9-11(2)18-10)15-5-6-17-14-7-12(16)3-4-13(14)15/h3-7,10-11,18H,8-9H2,1-2H3. The topological polar surface area (TPSA) is 28.2 Å². The Balaban J connectivity index is 2.04. The molecule has 2 aromatic rings. The van der Waals surface area contributed by atoms with Gasteiger partial charge in [0.1, 0.15) is 0 Å². The molecule has 1 aliphatic heterocycles. The Morgan fingerprint density at radius 2 is 1.95 bits per heavy atom. The minimum atomic E-state index is 0.499. The molecule has 2 heterocycles. The molecule has 4 heteroatoms. The molecule has 1 aliphatic rings. The van der Waals surface area contributed by atoms with Crippen molar-refractivity contribution in [2.24, 2.45) is 0 Å². The minimum absolute atomic E-state index is 0.499. The van der Waals surface area contributed by atoms with E-state index in [-0.39, 0.29) is 0 Å². The van der Waals surface area contributed by atoms with Gasteiger partial charge in [0.25, 0.3) is 0 Å². The van der Waals surface area contributed by atoms with Gasteiger partial charge in [-0.2, -0.15) is 0 Å². The van der Waals surface area contributed by atoms with E-state index in [1.165, 1.54) is 11.1 Å². The summed E-state index contributed by atoms with van der Waals surface area (Å²) in [4.78, 5) is 6.84. The summed E-state index contributed by atoms with van der Waals surface area (Å²) in [5.41, 5.74) is 2.21. The fourth-order valence-electron chi connectivity index (χ4n) is 2.91. The predicted octanol–water partition coefficient (Wildman–Crippen LogP) is 3.07. The summed E-state index contributed by atoms with van der Waals surface area (Å²) < 4.78 is 0. The highest BCUT2D eigenvalue weighted by Gasteiger charge is 2.22. The highest BCUT2D eigenvalue weighted by molar-refractivity contribution is 6.31. The Bertz CT molecular complexity index is 589. The second-order valence-corrected chi connectivity index (χ2v) is 5.80. The lowest BCUT2D eigenvalue weighted by Gasteiger charge is -2.38. The number of halogens is 1. The Morgan fingerprint density at radius 3 is 2.68 bits per heavy atom. The normalized spacial score (nSPS) is 23.8. The fraction of sp³-hybridized carbons (Fsp3) is 0.400. The van der Waals surface area contributed by atoms with Crippen molar-refractivity contribution in [3.05, 3.63) is 35.5 Å². The molecule has 1 fully saturated rings. The zero-order valence-electron chi connectivity index (χ0n) is 11.2. The van der Waals surface area contributed by atoms with Gasteiger partial charge in [-0.25, -0.2) is 0 Å². The Hall–Kier alpha value is -1.32. The molecular formula is C15H18ClN3. The van der Waals surface area contributed by atoms with Crippen LogP contribution in [0.3, 0.4) is 0 Å². The van der Waals surface area contributed by atoms with E-state index < -0.39 is 0 Å². The van der Waals surface area contributed by atoms with Crippen LogP contribution in [0.2, 0.25) is 5.02 Å².